The van der Waals surface area contributed by atoms with Crippen molar-refractivity contribution in [1.29, 1.82) is 0 Å². The number of hydrogen-bond donors (Lipinski definition) is 1. The zero-order valence-electron chi connectivity index (χ0n) is 12.5. The molecule has 0 atom stereocenters. The van der Waals surface area contributed by atoms with Gasteiger partial charge >= 0.3 is 0 Å². The minimum absolute atomic E-state index is 0.0521. The highest BCUT2D eigenvalue weighted by Crippen LogP contribution is 2.29. The highest BCUT2D eigenvalue weighted by Gasteiger charge is 2.03. The number of aliphatic imine (C=N–C) groups is 1. The molecule has 0 radical (unpaired) electrons. The molecule has 2 aromatic carbocycles. The minimum Gasteiger partial charge on any atom is -0.506 e. The van der Waals surface area contributed by atoms with Crippen molar-refractivity contribution in [3.63, 3.8) is 0 Å². The zero-order valence-corrected chi connectivity index (χ0v) is 13.2. The molecule has 0 aliphatic rings. The molecule has 0 fully saturated rings. The Morgan fingerprint density at radius 1 is 1.13 bits per heavy atom. The van der Waals surface area contributed by atoms with Gasteiger partial charge in [-0.05, 0) is 48.5 Å². The van der Waals surface area contributed by atoms with Gasteiger partial charge in [-0.2, -0.15) is 0 Å². The average Bonchev–Trinajstić information content (AvgIpc) is 3.02. The van der Waals surface area contributed by atoms with E-state index in [0.29, 0.717) is 10.7 Å². The molecule has 1 heterocycles. The van der Waals surface area contributed by atoms with E-state index in [2.05, 4.69) is 4.99 Å². The van der Waals surface area contributed by atoms with E-state index in [9.17, 15) is 5.11 Å². The summed E-state index contributed by atoms with van der Waals surface area (Å²) in [6, 6.07) is 16.5. The van der Waals surface area contributed by atoms with Gasteiger partial charge in [0.25, 0.3) is 0 Å². The highest BCUT2D eigenvalue weighted by atomic mass is 35.5. The Balaban J connectivity index is 1.89. The second kappa shape index (κ2) is 6.58. The number of halogens is 1. The van der Waals surface area contributed by atoms with E-state index in [1.807, 2.05) is 47.2 Å². The normalized spacial score (nSPS) is 11.0. The molecule has 1 aromatic heterocycles. The third kappa shape index (κ3) is 3.38. The lowest BCUT2D eigenvalue weighted by atomic mass is 10.3. The van der Waals surface area contributed by atoms with E-state index in [1.54, 1.807) is 25.5 Å². The van der Waals surface area contributed by atoms with Crippen LogP contribution in [0.2, 0.25) is 5.02 Å². The van der Waals surface area contributed by atoms with Crippen LogP contribution >= 0.6 is 11.6 Å². The molecule has 0 aliphatic heterocycles. The predicted octanol–water partition coefficient (Wildman–Crippen LogP) is 4.60. The second-order valence-corrected chi connectivity index (χ2v) is 5.33. The van der Waals surface area contributed by atoms with E-state index in [1.165, 1.54) is 6.07 Å². The SMILES string of the molecule is COc1ccc(-n2cccc2C=Nc2ccc(Cl)cc2O)cc1. The third-order valence-corrected chi connectivity index (χ3v) is 3.64. The number of aromatic nitrogens is 1. The Kier molecular flexibility index (Phi) is 4.35. The fraction of sp³-hybridized carbons (Fsp3) is 0.0556. The Morgan fingerprint density at radius 3 is 2.61 bits per heavy atom. The maximum absolute atomic E-state index is 9.85. The van der Waals surface area contributed by atoms with Crippen LogP contribution < -0.4 is 4.74 Å². The monoisotopic (exact) mass is 326 g/mol. The highest BCUT2D eigenvalue weighted by molar-refractivity contribution is 6.30. The molecular weight excluding hydrogens is 312 g/mol. The lowest BCUT2D eigenvalue weighted by molar-refractivity contribution is 0.414. The van der Waals surface area contributed by atoms with Gasteiger partial charge in [-0.15, -0.1) is 0 Å². The van der Waals surface area contributed by atoms with Crippen LogP contribution in [0.4, 0.5) is 5.69 Å². The van der Waals surface area contributed by atoms with E-state index < -0.39 is 0 Å². The molecule has 0 aliphatic carbocycles. The van der Waals surface area contributed by atoms with Crippen LogP contribution in [0.25, 0.3) is 5.69 Å². The van der Waals surface area contributed by atoms with Crippen molar-refractivity contribution < 1.29 is 9.84 Å². The van der Waals surface area contributed by atoms with E-state index in [4.69, 9.17) is 16.3 Å². The van der Waals surface area contributed by atoms with Crippen LogP contribution in [0.15, 0.2) is 65.8 Å². The van der Waals surface area contributed by atoms with E-state index >= 15 is 0 Å². The molecule has 5 heteroatoms. The Bertz CT molecular complexity index is 838. The van der Waals surface area contributed by atoms with Crippen molar-refractivity contribution in [1.82, 2.24) is 4.57 Å². The van der Waals surface area contributed by atoms with Crippen molar-refractivity contribution in [3.8, 4) is 17.2 Å². The summed E-state index contributed by atoms with van der Waals surface area (Å²) in [6.45, 7) is 0. The van der Waals surface area contributed by atoms with Crippen molar-refractivity contribution in [3.05, 3.63) is 71.5 Å². The van der Waals surface area contributed by atoms with Crippen molar-refractivity contribution in [2.45, 2.75) is 0 Å². The van der Waals surface area contributed by atoms with Crippen molar-refractivity contribution in [2.75, 3.05) is 7.11 Å². The zero-order chi connectivity index (χ0) is 16.2. The summed E-state index contributed by atoms with van der Waals surface area (Å²) >= 11 is 5.82. The molecule has 0 bridgehead atoms. The summed E-state index contributed by atoms with van der Waals surface area (Å²) in [5.74, 6) is 0.860. The summed E-state index contributed by atoms with van der Waals surface area (Å²) in [6.07, 6.45) is 3.65. The van der Waals surface area contributed by atoms with E-state index in [0.717, 1.165) is 17.1 Å². The molecule has 0 spiro atoms. The fourth-order valence-electron chi connectivity index (χ4n) is 2.22. The van der Waals surface area contributed by atoms with Crippen LogP contribution in [0, 0.1) is 0 Å². The molecule has 23 heavy (non-hydrogen) atoms. The summed E-state index contributed by atoms with van der Waals surface area (Å²) < 4.78 is 7.17. The minimum atomic E-state index is 0.0521. The molecule has 0 amide bonds. The smallest absolute Gasteiger partial charge is 0.142 e. The molecule has 0 saturated heterocycles. The van der Waals surface area contributed by atoms with Crippen LogP contribution in [0.3, 0.4) is 0 Å². The van der Waals surface area contributed by atoms with Gasteiger partial charge in [0.1, 0.15) is 17.2 Å². The van der Waals surface area contributed by atoms with Crippen LogP contribution in [-0.4, -0.2) is 23.0 Å². The van der Waals surface area contributed by atoms with Crippen molar-refractivity contribution >= 4 is 23.5 Å². The molecule has 3 rings (SSSR count). The lowest BCUT2D eigenvalue weighted by Gasteiger charge is -2.07. The molecular formula is C18H15ClN2O2. The van der Waals surface area contributed by atoms with Crippen LogP contribution in [0.5, 0.6) is 11.5 Å². The third-order valence-electron chi connectivity index (χ3n) is 3.40. The van der Waals surface area contributed by atoms with Crippen LogP contribution in [0.1, 0.15) is 5.69 Å². The number of aromatic hydroxyl groups is 1. The van der Waals surface area contributed by atoms with Crippen LogP contribution in [-0.2, 0) is 0 Å². The number of rotatable bonds is 4. The van der Waals surface area contributed by atoms with Gasteiger partial charge in [0.05, 0.1) is 19.0 Å². The number of ether oxygens (including phenoxy) is 1. The second-order valence-electron chi connectivity index (χ2n) is 4.89. The molecule has 1 N–H and O–H groups in total. The molecule has 3 aromatic rings. The van der Waals surface area contributed by atoms with Gasteiger partial charge in [0, 0.05) is 23.0 Å². The first-order chi connectivity index (χ1) is 11.2. The Labute approximate surface area is 139 Å². The maximum atomic E-state index is 9.85. The number of benzene rings is 2. The molecule has 116 valence electrons. The topological polar surface area (TPSA) is 46.8 Å². The van der Waals surface area contributed by atoms with Gasteiger partial charge in [-0.1, -0.05) is 11.6 Å². The van der Waals surface area contributed by atoms with Gasteiger partial charge in [0.15, 0.2) is 0 Å². The lowest BCUT2D eigenvalue weighted by Crippen LogP contribution is -1.97. The molecule has 0 unspecified atom stereocenters. The Morgan fingerprint density at radius 2 is 1.91 bits per heavy atom. The summed E-state index contributed by atoms with van der Waals surface area (Å²) in [7, 11) is 1.64. The quantitative estimate of drug-likeness (QED) is 0.712. The van der Waals surface area contributed by atoms with E-state index in [-0.39, 0.29) is 5.75 Å². The predicted molar refractivity (Wildman–Crippen MR) is 92.7 cm³/mol. The number of nitrogens with zero attached hydrogens (tertiary/aromatic N) is 2. The Hall–Kier alpha value is -2.72. The first kappa shape index (κ1) is 15.2. The average molecular weight is 327 g/mol. The number of hydrogen-bond acceptors (Lipinski definition) is 3. The fourth-order valence-corrected chi connectivity index (χ4v) is 2.39. The number of phenolic OH excluding ortho intramolecular Hbond substituents is 1. The summed E-state index contributed by atoms with van der Waals surface area (Å²) in [5, 5.41) is 10.3. The first-order valence-electron chi connectivity index (χ1n) is 7.02. The van der Waals surface area contributed by atoms with Gasteiger partial charge < -0.3 is 14.4 Å². The van der Waals surface area contributed by atoms with Gasteiger partial charge in [0.2, 0.25) is 0 Å². The number of methoxy groups -OCH3 is 1. The number of phenols is 1. The largest absolute Gasteiger partial charge is 0.506 e. The summed E-state index contributed by atoms with van der Waals surface area (Å²) in [4.78, 5) is 4.33. The molecule has 0 saturated carbocycles. The maximum Gasteiger partial charge on any atom is 0.142 e. The van der Waals surface area contributed by atoms with Gasteiger partial charge in [-0.25, -0.2) is 0 Å². The van der Waals surface area contributed by atoms with Crippen molar-refractivity contribution in [2.24, 2.45) is 4.99 Å². The van der Waals surface area contributed by atoms with Gasteiger partial charge in [-0.3, -0.25) is 4.99 Å². The summed E-state index contributed by atoms with van der Waals surface area (Å²) in [5.41, 5.74) is 2.36. The first-order valence-corrected chi connectivity index (χ1v) is 7.39. The molecule has 4 nitrogen and oxygen atoms in total. The standard InChI is InChI=1S/C18H15ClN2O2/c1-23-16-7-5-14(6-8-16)21-10-2-3-15(21)12-20-17-9-4-13(19)11-18(17)22/h2-12,22H,1H3.